The number of benzene rings is 2. The van der Waals surface area contributed by atoms with Gasteiger partial charge < -0.3 is 10.6 Å². The van der Waals surface area contributed by atoms with Gasteiger partial charge in [-0.05, 0) is 42.0 Å². The van der Waals surface area contributed by atoms with E-state index in [2.05, 4.69) is 28.8 Å². The van der Waals surface area contributed by atoms with Gasteiger partial charge in [-0.3, -0.25) is 24.5 Å². The lowest BCUT2D eigenvalue weighted by molar-refractivity contribution is -0.138. The molecule has 11 heteroatoms. The molecule has 8 nitrogen and oxygen atoms in total. The van der Waals surface area contributed by atoms with Crippen molar-refractivity contribution in [3.05, 3.63) is 94.6 Å². The van der Waals surface area contributed by atoms with E-state index in [1.54, 1.807) is 0 Å². The van der Waals surface area contributed by atoms with Crippen molar-refractivity contribution in [3.63, 3.8) is 0 Å². The molecule has 2 N–H and O–H groups in total. The number of halogens is 3. The van der Waals surface area contributed by atoms with E-state index >= 15 is 0 Å². The predicted molar refractivity (Wildman–Crippen MR) is 141 cm³/mol. The second-order valence-corrected chi connectivity index (χ2v) is 10.5. The second kappa shape index (κ2) is 10.4. The van der Waals surface area contributed by atoms with Crippen molar-refractivity contribution >= 4 is 17.8 Å². The summed E-state index contributed by atoms with van der Waals surface area (Å²) in [5.74, 6) is -0.849. The Morgan fingerprint density at radius 3 is 2.30 bits per heavy atom. The van der Waals surface area contributed by atoms with Crippen LogP contribution < -0.4 is 5.73 Å². The van der Waals surface area contributed by atoms with Gasteiger partial charge in [-0.25, -0.2) is 4.99 Å². The SMILES string of the molecule is CC(C)CCC1(c2ccccc2)N=C(N)N(Cc2ccc(C(F)(F)F)c(C(=O)N3Cc4nccnc4C3)c2)C1=O. The van der Waals surface area contributed by atoms with Crippen LogP contribution in [0.25, 0.3) is 0 Å². The third-order valence-corrected chi connectivity index (χ3v) is 7.31. The van der Waals surface area contributed by atoms with Crippen LogP contribution in [0.15, 0.2) is 65.9 Å². The van der Waals surface area contributed by atoms with E-state index in [9.17, 15) is 22.8 Å². The van der Waals surface area contributed by atoms with E-state index < -0.39 is 28.7 Å². The summed E-state index contributed by atoms with van der Waals surface area (Å²) in [6.45, 7) is 4.09. The second-order valence-electron chi connectivity index (χ2n) is 10.5. The van der Waals surface area contributed by atoms with Crippen LogP contribution in [0.2, 0.25) is 0 Å². The first-order chi connectivity index (χ1) is 19.0. The lowest BCUT2D eigenvalue weighted by Gasteiger charge is -2.27. The molecule has 0 saturated carbocycles. The predicted octanol–water partition coefficient (Wildman–Crippen LogP) is 4.64. The maximum absolute atomic E-state index is 14.0. The molecule has 2 amide bonds. The number of aromatic nitrogens is 2. The highest BCUT2D eigenvalue weighted by molar-refractivity contribution is 6.07. The quantitative estimate of drug-likeness (QED) is 0.462. The summed E-state index contributed by atoms with van der Waals surface area (Å²) >= 11 is 0. The lowest BCUT2D eigenvalue weighted by Crippen LogP contribution is -2.42. The maximum atomic E-state index is 14.0. The molecule has 40 heavy (non-hydrogen) atoms. The van der Waals surface area contributed by atoms with E-state index in [1.807, 2.05) is 30.3 Å². The number of nitrogens with two attached hydrogens (primary N) is 1. The highest BCUT2D eigenvalue weighted by Crippen LogP contribution is 2.39. The van der Waals surface area contributed by atoms with Crippen molar-refractivity contribution in [2.24, 2.45) is 16.6 Å². The smallest absolute Gasteiger partial charge is 0.369 e. The number of hydrogen-bond acceptors (Lipinski definition) is 6. The van der Waals surface area contributed by atoms with Crippen molar-refractivity contribution in [2.75, 3.05) is 0 Å². The molecule has 0 saturated heterocycles. The molecule has 2 aliphatic rings. The number of guanidine groups is 1. The lowest BCUT2D eigenvalue weighted by atomic mass is 9.83. The first kappa shape index (κ1) is 27.3. The summed E-state index contributed by atoms with van der Waals surface area (Å²) in [5, 5.41) is 0. The monoisotopic (exact) mass is 550 g/mol. The summed E-state index contributed by atoms with van der Waals surface area (Å²) in [7, 11) is 0. The molecular weight excluding hydrogens is 521 g/mol. The molecule has 0 fully saturated rings. The van der Waals surface area contributed by atoms with Crippen LogP contribution in [0.3, 0.4) is 0 Å². The first-order valence-electron chi connectivity index (χ1n) is 13.0. The summed E-state index contributed by atoms with van der Waals surface area (Å²) in [6, 6.07) is 12.5. The molecule has 2 aliphatic heterocycles. The summed E-state index contributed by atoms with van der Waals surface area (Å²) in [4.78, 5) is 42.8. The number of carbonyl (C=O) groups excluding carboxylic acids is 2. The molecule has 2 aromatic carbocycles. The van der Waals surface area contributed by atoms with E-state index in [-0.39, 0.29) is 31.5 Å². The van der Waals surface area contributed by atoms with Gasteiger partial charge in [0.15, 0.2) is 11.5 Å². The Kier molecular flexibility index (Phi) is 7.07. The minimum atomic E-state index is -4.75. The largest absolute Gasteiger partial charge is 0.417 e. The molecule has 1 aromatic heterocycles. The fourth-order valence-corrected chi connectivity index (χ4v) is 5.18. The average Bonchev–Trinajstić information content (AvgIpc) is 3.46. The molecule has 1 unspecified atom stereocenters. The molecule has 0 bridgehead atoms. The number of amides is 2. The highest BCUT2D eigenvalue weighted by Gasteiger charge is 2.49. The van der Waals surface area contributed by atoms with Gasteiger partial charge in [-0.15, -0.1) is 0 Å². The van der Waals surface area contributed by atoms with Crippen LogP contribution in [-0.2, 0) is 36.1 Å². The summed E-state index contributed by atoms with van der Waals surface area (Å²) < 4.78 is 41.9. The van der Waals surface area contributed by atoms with Crippen LogP contribution in [0, 0.1) is 5.92 Å². The third-order valence-electron chi connectivity index (χ3n) is 7.31. The van der Waals surface area contributed by atoms with Crippen molar-refractivity contribution < 1.29 is 22.8 Å². The Labute approximate surface area is 229 Å². The van der Waals surface area contributed by atoms with Gasteiger partial charge in [-0.1, -0.05) is 50.2 Å². The average molecular weight is 551 g/mol. The molecular formula is C29H29F3N6O2. The molecule has 0 radical (unpaired) electrons. The van der Waals surface area contributed by atoms with Gasteiger partial charge in [0.25, 0.3) is 11.8 Å². The van der Waals surface area contributed by atoms with Gasteiger partial charge in [0.2, 0.25) is 0 Å². The number of aliphatic imine (C=N–C) groups is 1. The Morgan fingerprint density at radius 2 is 1.70 bits per heavy atom. The minimum Gasteiger partial charge on any atom is -0.369 e. The molecule has 5 rings (SSSR count). The van der Waals surface area contributed by atoms with E-state index in [1.165, 1.54) is 34.3 Å². The Bertz CT molecular complexity index is 1450. The zero-order valence-electron chi connectivity index (χ0n) is 22.2. The number of hydrogen-bond donors (Lipinski definition) is 1. The van der Waals surface area contributed by atoms with E-state index in [4.69, 9.17) is 5.73 Å². The van der Waals surface area contributed by atoms with Crippen LogP contribution in [0.5, 0.6) is 0 Å². The standard InChI is InChI=1S/C29H29F3N6O2/c1-18(2)10-11-28(20-6-4-3-5-7-20)26(40)38(27(33)36-28)15-19-8-9-22(29(30,31)32)21(14-19)25(39)37-16-23-24(17-37)35-13-12-34-23/h3-9,12-14,18H,10-11,15-17H2,1-2H3,(H2,33,36). The van der Waals surface area contributed by atoms with E-state index in [0.29, 0.717) is 41.3 Å². The van der Waals surface area contributed by atoms with Crippen LogP contribution in [0.1, 0.15) is 65.1 Å². The molecule has 0 aliphatic carbocycles. The molecule has 3 aromatic rings. The van der Waals surface area contributed by atoms with Crippen molar-refractivity contribution in [1.82, 2.24) is 19.8 Å². The van der Waals surface area contributed by atoms with Crippen molar-refractivity contribution in [1.29, 1.82) is 0 Å². The molecule has 0 spiro atoms. The number of rotatable bonds is 7. The summed E-state index contributed by atoms with van der Waals surface area (Å²) in [5.41, 5.74) is 5.61. The minimum absolute atomic E-state index is 0.0162. The molecule has 208 valence electrons. The topological polar surface area (TPSA) is 105 Å². The fourth-order valence-electron chi connectivity index (χ4n) is 5.18. The number of alkyl halides is 3. The molecule has 1 atom stereocenters. The van der Waals surface area contributed by atoms with Crippen LogP contribution >= 0.6 is 0 Å². The Hall–Kier alpha value is -4.28. The fraction of sp³-hybridized carbons (Fsp3) is 0.345. The van der Waals surface area contributed by atoms with Crippen molar-refractivity contribution in [3.8, 4) is 0 Å². The number of fused-ring (bicyclic) bond motifs is 1. The van der Waals surface area contributed by atoms with Crippen LogP contribution in [-0.4, -0.2) is 37.5 Å². The maximum Gasteiger partial charge on any atom is 0.417 e. The van der Waals surface area contributed by atoms with Gasteiger partial charge in [0, 0.05) is 12.4 Å². The number of carbonyl (C=O) groups is 2. The Balaban J connectivity index is 1.46. The van der Waals surface area contributed by atoms with Gasteiger partial charge in [0.05, 0.1) is 42.1 Å². The highest BCUT2D eigenvalue weighted by atomic mass is 19.4. The first-order valence-corrected chi connectivity index (χ1v) is 13.0. The zero-order chi connectivity index (χ0) is 28.7. The Morgan fingerprint density at radius 1 is 1.05 bits per heavy atom. The van der Waals surface area contributed by atoms with Gasteiger partial charge in [-0.2, -0.15) is 13.2 Å². The normalized spacial score (nSPS) is 18.9. The van der Waals surface area contributed by atoms with Crippen molar-refractivity contribution in [2.45, 2.75) is 58.0 Å². The van der Waals surface area contributed by atoms with Crippen LogP contribution in [0.4, 0.5) is 13.2 Å². The third kappa shape index (κ3) is 5.03. The van der Waals surface area contributed by atoms with Gasteiger partial charge in [0.1, 0.15) is 0 Å². The summed E-state index contributed by atoms with van der Waals surface area (Å²) in [6.07, 6.45) is -0.657. The number of nitrogens with zero attached hydrogens (tertiary/aromatic N) is 5. The van der Waals surface area contributed by atoms with E-state index in [0.717, 1.165) is 6.07 Å². The zero-order valence-corrected chi connectivity index (χ0v) is 22.2. The molecule has 3 heterocycles. The van der Waals surface area contributed by atoms with Gasteiger partial charge >= 0.3 is 6.18 Å².